The second kappa shape index (κ2) is 9.42. The van der Waals surface area contributed by atoms with Gasteiger partial charge < -0.3 is 15.4 Å². The number of carbonyl (C=O) groups is 1. The van der Waals surface area contributed by atoms with Gasteiger partial charge in [-0.05, 0) is 30.2 Å². The van der Waals surface area contributed by atoms with Crippen molar-refractivity contribution in [2.75, 3.05) is 26.3 Å². The summed E-state index contributed by atoms with van der Waals surface area (Å²) >= 11 is 0. The second-order valence-electron chi connectivity index (χ2n) is 5.65. The summed E-state index contributed by atoms with van der Waals surface area (Å²) in [6.45, 7) is 2.81. The SMILES string of the molecule is Cl.O=C(CC1COCCN1)NCCc1ccc(-n2cccn2)cc1. The lowest BCUT2D eigenvalue weighted by Gasteiger charge is -2.23. The maximum Gasteiger partial charge on any atom is 0.221 e. The van der Waals surface area contributed by atoms with Crippen LogP contribution in [0.25, 0.3) is 5.69 Å². The normalized spacial score (nSPS) is 17.1. The molecular weight excluding hydrogens is 328 g/mol. The van der Waals surface area contributed by atoms with E-state index in [0.29, 0.717) is 19.6 Å². The molecule has 1 aliphatic rings. The fourth-order valence-electron chi connectivity index (χ4n) is 2.63. The predicted octanol–water partition coefficient (Wildman–Crippen LogP) is 1.33. The van der Waals surface area contributed by atoms with E-state index in [1.54, 1.807) is 6.20 Å². The highest BCUT2D eigenvalue weighted by atomic mass is 35.5. The summed E-state index contributed by atoms with van der Waals surface area (Å²) in [5, 5.41) is 10.5. The van der Waals surface area contributed by atoms with Crippen LogP contribution in [0.5, 0.6) is 0 Å². The third-order valence-corrected chi connectivity index (χ3v) is 3.87. The minimum atomic E-state index is 0. The van der Waals surface area contributed by atoms with Crippen LogP contribution >= 0.6 is 12.4 Å². The minimum absolute atomic E-state index is 0. The molecule has 0 saturated carbocycles. The van der Waals surface area contributed by atoms with Gasteiger partial charge in [0.2, 0.25) is 5.91 Å². The fraction of sp³-hybridized carbons (Fsp3) is 0.412. The predicted molar refractivity (Wildman–Crippen MR) is 94.8 cm³/mol. The Morgan fingerprint density at radius 1 is 1.38 bits per heavy atom. The zero-order chi connectivity index (χ0) is 15.9. The van der Waals surface area contributed by atoms with E-state index in [-0.39, 0.29) is 24.4 Å². The van der Waals surface area contributed by atoms with Gasteiger partial charge in [-0.3, -0.25) is 4.79 Å². The van der Waals surface area contributed by atoms with Crippen molar-refractivity contribution >= 4 is 18.3 Å². The first-order valence-corrected chi connectivity index (χ1v) is 7.98. The molecule has 0 spiro atoms. The van der Waals surface area contributed by atoms with Crippen LogP contribution in [0.15, 0.2) is 42.7 Å². The number of hydrogen-bond acceptors (Lipinski definition) is 4. The summed E-state index contributed by atoms with van der Waals surface area (Å²) in [7, 11) is 0. The molecule has 1 saturated heterocycles. The molecule has 1 aliphatic heterocycles. The molecule has 1 aromatic carbocycles. The van der Waals surface area contributed by atoms with Gasteiger partial charge in [-0.2, -0.15) is 5.10 Å². The van der Waals surface area contributed by atoms with Crippen LogP contribution in [0.4, 0.5) is 0 Å². The standard InChI is InChI=1S/C17H22N4O2.ClH/c22-17(12-15-13-23-11-9-18-15)19-8-6-14-2-4-16(5-3-14)21-10-1-7-20-21;/h1-5,7,10,15,18H,6,8-9,11-13H2,(H,19,22);1H. The Morgan fingerprint density at radius 2 is 2.21 bits per heavy atom. The van der Waals surface area contributed by atoms with Crippen molar-refractivity contribution in [1.29, 1.82) is 0 Å². The van der Waals surface area contributed by atoms with Crippen LogP contribution in [0.3, 0.4) is 0 Å². The maximum atomic E-state index is 11.9. The Bertz CT molecular complexity index is 610. The van der Waals surface area contributed by atoms with Crippen LogP contribution < -0.4 is 10.6 Å². The Labute approximate surface area is 148 Å². The van der Waals surface area contributed by atoms with Gasteiger partial charge in [0.15, 0.2) is 0 Å². The van der Waals surface area contributed by atoms with Gasteiger partial charge in [0, 0.05) is 37.9 Å². The number of amides is 1. The molecule has 6 nitrogen and oxygen atoms in total. The third kappa shape index (κ3) is 5.33. The summed E-state index contributed by atoms with van der Waals surface area (Å²) in [6.07, 6.45) is 4.96. The van der Waals surface area contributed by atoms with Crippen LogP contribution in [-0.2, 0) is 16.0 Å². The quantitative estimate of drug-likeness (QED) is 0.824. The van der Waals surface area contributed by atoms with E-state index >= 15 is 0 Å². The Kier molecular flexibility index (Phi) is 7.24. The van der Waals surface area contributed by atoms with Gasteiger partial charge in [0.05, 0.1) is 18.9 Å². The van der Waals surface area contributed by atoms with Gasteiger partial charge in [-0.15, -0.1) is 12.4 Å². The molecule has 1 fully saturated rings. The van der Waals surface area contributed by atoms with Gasteiger partial charge in [0.1, 0.15) is 0 Å². The average Bonchev–Trinajstić information content (AvgIpc) is 3.11. The molecule has 24 heavy (non-hydrogen) atoms. The molecule has 0 bridgehead atoms. The van der Waals surface area contributed by atoms with Crippen molar-refractivity contribution in [3.8, 4) is 5.69 Å². The van der Waals surface area contributed by atoms with Crippen LogP contribution in [0.2, 0.25) is 0 Å². The molecule has 1 unspecified atom stereocenters. The van der Waals surface area contributed by atoms with E-state index in [4.69, 9.17) is 4.74 Å². The second-order valence-corrected chi connectivity index (χ2v) is 5.65. The first-order chi connectivity index (χ1) is 11.3. The molecule has 0 radical (unpaired) electrons. The number of halogens is 1. The molecular formula is C17H23ClN4O2. The molecule has 1 atom stereocenters. The number of carbonyl (C=O) groups excluding carboxylic acids is 1. The number of hydrogen-bond donors (Lipinski definition) is 2. The zero-order valence-electron chi connectivity index (χ0n) is 13.5. The molecule has 7 heteroatoms. The van der Waals surface area contributed by atoms with E-state index in [9.17, 15) is 4.79 Å². The van der Waals surface area contributed by atoms with Crippen molar-refractivity contribution in [1.82, 2.24) is 20.4 Å². The number of ether oxygens (including phenoxy) is 1. The van der Waals surface area contributed by atoms with Gasteiger partial charge in [-0.25, -0.2) is 4.68 Å². The van der Waals surface area contributed by atoms with Crippen molar-refractivity contribution in [2.45, 2.75) is 18.9 Å². The number of benzene rings is 1. The van der Waals surface area contributed by atoms with E-state index < -0.39 is 0 Å². The Morgan fingerprint density at radius 3 is 2.88 bits per heavy atom. The van der Waals surface area contributed by atoms with Gasteiger partial charge >= 0.3 is 0 Å². The smallest absolute Gasteiger partial charge is 0.221 e. The summed E-state index contributed by atoms with van der Waals surface area (Å²) in [5.74, 6) is 0.0705. The number of rotatable bonds is 6. The summed E-state index contributed by atoms with van der Waals surface area (Å²) in [5.41, 5.74) is 2.23. The molecule has 130 valence electrons. The van der Waals surface area contributed by atoms with Crippen LogP contribution in [0, 0.1) is 0 Å². The van der Waals surface area contributed by atoms with Crippen molar-refractivity contribution in [3.63, 3.8) is 0 Å². The monoisotopic (exact) mass is 350 g/mol. The number of nitrogens with zero attached hydrogens (tertiary/aromatic N) is 2. The van der Waals surface area contributed by atoms with E-state index in [0.717, 1.165) is 25.3 Å². The Balaban J connectivity index is 0.00000208. The zero-order valence-corrected chi connectivity index (χ0v) is 14.3. The first kappa shape index (κ1) is 18.4. The lowest BCUT2D eigenvalue weighted by molar-refractivity contribution is -0.122. The van der Waals surface area contributed by atoms with E-state index in [2.05, 4.69) is 27.9 Å². The maximum absolute atomic E-state index is 11.9. The molecule has 2 N–H and O–H groups in total. The van der Waals surface area contributed by atoms with Crippen LogP contribution in [-0.4, -0.2) is 48.0 Å². The van der Waals surface area contributed by atoms with E-state index in [1.807, 2.05) is 29.1 Å². The molecule has 0 aliphatic carbocycles. The Hall–Kier alpha value is -1.89. The number of nitrogens with one attached hydrogen (secondary N) is 2. The van der Waals surface area contributed by atoms with Gasteiger partial charge in [0.25, 0.3) is 0 Å². The molecule has 1 amide bonds. The highest BCUT2D eigenvalue weighted by Gasteiger charge is 2.16. The lowest BCUT2D eigenvalue weighted by atomic mass is 10.1. The number of morpholine rings is 1. The van der Waals surface area contributed by atoms with Crippen molar-refractivity contribution in [2.24, 2.45) is 0 Å². The highest BCUT2D eigenvalue weighted by molar-refractivity contribution is 5.85. The first-order valence-electron chi connectivity index (χ1n) is 7.98. The summed E-state index contributed by atoms with van der Waals surface area (Å²) in [4.78, 5) is 11.9. The lowest BCUT2D eigenvalue weighted by Crippen LogP contribution is -2.44. The van der Waals surface area contributed by atoms with Crippen LogP contribution in [0.1, 0.15) is 12.0 Å². The molecule has 2 heterocycles. The topological polar surface area (TPSA) is 68.2 Å². The van der Waals surface area contributed by atoms with Crippen molar-refractivity contribution < 1.29 is 9.53 Å². The average molecular weight is 351 g/mol. The minimum Gasteiger partial charge on any atom is -0.378 e. The molecule has 2 aromatic rings. The summed E-state index contributed by atoms with van der Waals surface area (Å²) < 4.78 is 7.17. The summed E-state index contributed by atoms with van der Waals surface area (Å²) in [6, 6.07) is 10.2. The molecule has 1 aromatic heterocycles. The number of aromatic nitrogens is 2. The van der Waals surface area contributed by atoms with Gasteiger partial charge in [-0.1, -0.05) is 12.1 Å². The van der Waals surface area contributed by atoms with Crippen molar-refractivity contribution in [3.05, 3.63) is 48.3 Å². The van der Waals surface area contributed by atoms with E-state index in [1.165, 1.54) is 5.56 Å². The third-order valence-electron chi connectivity index (χ3n) is 3.87. The largest absolute Gasteiger partial charge is 0.378 e. The highest BCUT2D eigenvalue weighted by Crippen LogP contribution is 2.09. The fourth-order valence-corrected chi connectivity index (χ4v) is 2.63. The molecule has 3 rings (SSSR count).